The summed E-state index contributed by atoms with van der Waals surface area (Å²) < 4.78 is 22.6. The second kappa shape index (κ2) is 7.51. The summed E-state index contributed by atoms with van der Waals surface area (Å²) in [5.74, 6) is 1.10. The maximum Gasteiger partial charge on any atom is 0.225 e. The molecule has 0 amide bonds. The molecule has 122 valence electrons. The van der Waals surface area contributed by atoms with Gasteiger partial charge in [-0.15, -0.1) is 0 Å². The second-order valence-electron chi connectivity index (χ2n) is 5.61. The van der Waals surface area contributed by atoms with Crippen molar-refractivity contribution >= 4 is 5.95 Å². The highest BCUT2D eigenvalue weighted by Crippen LogP contribution is 2.25. The molecule has 6 nitrogen and oxygen atoms in total. The maximum absolute atomic E-state index is 12.2. The number of rotatable bonds is 6. The van der Waals surface area contributed by atoms with Crippen LogP contribution in [0.25, 0.3) is 0 Å². The molecule has 0 aromatic carbocycles. The molecule has 0 spiro atoms. The number of hydrogen-bond acceptors (Lipinski definition) is 6. The summed E-state index contributed by atoms with van der Waals surface area (Å²) in [6.07, 6.45) is 4.89. The number of methoxy groups -OCH3 is 1. The molecule has 0 bridgehead atoms. The fourth-order valence-electron chi connectivity index (χ4n) is 2.31. The largest absolute Gasteiger partial charge is 0.486 e. The lowest BCUT2D eigenvalue weighted by molar-refractivity contribution is -0.0473. The Bertz CT molecular complexity index is 499. The molecule has 1 aromatic heterocycles. The van der Waals surface area contributed by atoms with E-state index in [4.69, 9.17) is 9.47 Å². The minimum atomic E-state index is -0.759. The summed E-state index contributed by atoms with van der Waals surface area (Å²) in [6, 6.07) is 0. The van der Waals surface area contributed by atoms with Crippen LogP contribution in [-0.4, -0.2) is 54.1 Å². The summed E-state index contributed by atoms with van der Waals surface area (Å²) in [6.45, 7) is 3.50. The van der Waals surface area contributed by atoms with E-state index in [9.17, 15) is 9.50 Å². The van der Waals surface area contributed by atoms with Crippen LogP contribution < -0.4 is 9.64 Å². The van der Waals surface area contributed by atoms with Crippen molar-refractivity contribution in [3.05, 3.63) is 24.3 Å². The summed E-state index contributed by atoms with van der Waals surface area (Å²) in [4.78, 5) is 10.5. The van der Waals surface area contributed by atoms with E-state index in [1.54, 1.807) is 26.4 Å². The number of piperidine rings is 1. The van der Waals surface area contributed by atoms with Gasteiger partial charge < -0.3 is 19.5 Å². The molecule has 22 heavy (non-hydrogen) atoms. The highest BCUT2D eigenvalue weighted by molar-refractivity contribution is 5.32. The van der Waals surface area contributed by atoms with Gasteiger partial charge in [0.2, 0.25) is 5.95 Å². The predicted octanol–water partition coefficient (Wildman–Crippen LogP) is 1.71. The Labute approximate surface area is 129 Å². The SMILES string of the molecule is COCC1(O)CCN(c2ncc(OC/C(C)=C/F)cn2)CC1. The number of nitrogens with zero attached hydrogens (tertiary/aromatic N) is 3. The van der Waals surface area contributed by atoms with Crippen molar-refractivity contribution in [1.82, 2.24) is 9.97 Å². The lowest BCUT2D eigenvalue weighted by Crippen LogP contribution is -2.47. The van der Waals surface area contributed by atoms with Gasteiger partial charge in [0.25, 0.3) is 0 Å². The lowest BCUT2D eigenvalue weighted by atomic mass is 9.92. The van der Waals surface area contributed by atoms with Gasteiger partial charge in [-0.3, -0.25) is 0 Å². The zero-order valence-corrected chi connectivity index (χ0v) is 13.0. The normalized spacial score (nSPS) is 18.4. The van der Waals surface area contributed by atoms with Gasteiger partial charge in [-0.2, -0.15) is 0 Å². The zero-order chi connectivity index (χ0) is 16.0. The van der Waals surface area contributed by atoms with E-state index in [-0.39, 0.29) is 6.61 Å². The van der Waals surface area contributed by atoms with E-state index in [1.807, 2.05) is 4.90 Å². The smallest absolute Gasteiger partial charge is 0.225 e. The number of aliphatic hydroxyl groups is 1. The predicted molar refractivity (Wildman–Crippen MR) is 80.7 cm³/mol. The van der Waals surface area contributed by atoms with Crippen LogP contribution >= 0.6 is 0 Å². The van der Waals surface area contributed by atoms with Crippen molar-refractivity contribution in [3.8, 4) is 5.75 Å². The van der Waals surface area contributed by atoms with Gasteiger partial charge in [-0.25, -0.2) is 14.4 Å². The Morgan fingerprint density at radius 3 is 2.59 bits per heavy atom. The van der Waals surface area contributed by atoms with Gasteiger partial charge in [0.05, 0.1) is 30.9 Å². The molecule has 2 heterocycles. The fourth-order valence-corrected chi connectivity index (χ4v) is 2.31. The Morgan fingerprint density at radius 2 is 2.05 bits per heavy atom. The molecule has 1 aliphatic rings. The average Bonchev–Trinajstić information content (AvgIpc) is 2.54. The first-order valence-corrected chi connectivity index (χ1v) is 7.23. The van der Waals surface area contributed by atoms with E-state index < -0.39 is 5.60 Å². The van der Waals surface area contributed by atoms with Crippen molar-refractivity contribution in [2.45, 2.75) is 25.4 Å². The van der Waals surface area contributed by atoms with Gasteiger partial charge >= 0.3 is 0 Å². The van der Waals surface area contributed by atoms with Gasteiger partial charge in [-0.05, 0) is 25.3 Å². The zero-order valence-electron chi connectivity index (χ0n) is 13.0. The Kier molecular flexibility index (Phi) is 5.68. The Morgan fingerprint density at radius 1 is 1.41 bits per heavy atom. The third-order valence-corrected chi connectivity index (χ3v) is 3.66. The van der Waals surface area contributed by atoms with Crippen molar-refractivity contribution in [3.63, 3.8) is 0 Å². The van der Waals surface area contributed by atoms with Crippen molar-refractivity contribution < 1.29 is 19.0 Å². The summed E-state index contributed by atoms with van der Waals surface area (Å²) >= 11 is 0. The lowest BCUT2D eigenvalue weighted by Gasteiger charge is -2.37. The number of anilines is 1. The van der Waals surface area contributed by atoms with Crippen LogP contribution in [0.4, 0.5) is 10.3 Å². The summed E-state index contributed by atoms with van der Waals surface area (Å²) in [5.41, 5.74) is -0.262. The first-order valence-electron chi connectivity index (χ1n) is 7.23. The van der Waals surface area contributed by atoms with Crippen molar-refractivity contribution in [2.24, 2.45) is 0 Å². The number of aromatic nitrogens is 2. The molecule has 2 rings (SSSR count). The van der Waals surface area contributed by atoms with Crippen LogP contribution in [0, 0.1) is 0 Å². The first-order chi connectivity index (χ1) is 10.6. The van der Waals surface area contributed by atoms with Crippen LogP contribution in [-0.2, 0) is 4.74 Å². The number of hydrogen-bond donors (Lipinski definition) is 1. The highest BCUT2D eigenvalue weighted by Gasteiger charge is 2.32. The monoisotopic (exact) mass is 311 g/mol. The van der Waals surface area contributed by atoms with Crippen LogP contribution in [0.1, 0.15) is 19.8 Å². The first kappa shape index (κ1) is 16.6. The summed E-state index contributed by atoms with van der Waals surface area (Å²) in [7, 11) is 1.59. The van der Waals surface area contributed by atoms with Crippen molar-refractivity contribution in [1.29, 1.82) is 0 Å². The molecular weight excluding hydrogens is 289 g/mol. The Hall–Kier alpha value is -1.73. The molecule has 1 N–H and O–H groups in total. The molecule has 0 saturated carbocycles. The van der Waals surface area contributed by atoms with Crippen LogP contribution in [0.2, 0.25) is 0 Å². The van der Waals surface area contributed by atoms with Crippen molar-refractivity contribution in [2.75, 3.05) is 38.3 Å². The Balaban J connectivity index is 1.89. The van der Waals surface area contributed by atoms with Gasteiger partial charge in [0.15, 0.2) is 5.75 Å². The van der Waals surface area contributed by atoms with E-state index >= 15 is 0 Å². The second-order valence-corrected chi connectivity index (χ2v) is 5.61. The van der Waals surface area contributed by atoms with E-state index in [1.165, 1.54) is 0 Å². The summed E-state index contributed by atoms with van der Waals surface area (Å²) in [5, 5.41) is 10.3. The minimum absolute atomic E-state index is 0.174. The van der Waals surface area contributed by atoms with E-state index in [0.717, 1.165) is 0 Å². The van der Waals surface area contributed by atoms with Crippen LogP contribution in [0.3, 0.4) is 0 Å². The molecule has 0 aliphatic carbocycles. The van der Waals surface area contributed by atoms with E-state index in [2.05, 4.69) is 9.97 Å². The number of ether oxygens (including phenoxy) is 2. The molecule has 1 fully saturated rings. The van der Waals surface area contributed by atoms with Crippen LogP contribution in [0.15, 0.2) is 24.3 Å². The fraction of sp³-hybridized carbons (Fsp3) is 0.600. The van der Waals surface area contributed by atoms with Gasteiger partial charge in [0, 0.05) is 20.2 Å². The molecule has 0 radical (unpaired) electrons. The standard InChI is InChI=1S/C15H22FN3O3/c1-12(7-16)10-22-13-8-17-14(18-9-13)19-5-3-15(20,4-6-19)11-21-2/h7-9,20H,3-6,10-11H2,1-2H3/b12-7+. The molecule has 0 atom stereocenters. The maximum atomic E-state index is 12.2. The average molecular weight is 311 g/mol. The molecule has 1 aliphatic heterocycles. The molecule has 1 aromatic rings. The topological polar surface area (TPSA) is 67.7 Å². The number of halogens is 1. The molecule has 7 heteroatoms. The quantitative estimate of drug-likeness (QED) is 0.862. The molecular formula is C15H22FN3O3. The van der Waals surface area contributed by atoms with Gasteiger partial charge in [-0.1, -0.05) is 0 Å². The van der Waals surface area contributed by atoms with Gasteiger partial charge in [0.1, 0.15) is 6.61 Å². The third-order valence-electron chi connectivity index (χ3n) is 3.66. The minimum Gasteiger partial charge on any atom is -0.486 e. The molecule has 0 unspecified atom stereocenters. The molecule has 1 saturated heterocycles. The highest BCUT2D eigenvalue weighted by atomic mass is 19.1. The third kappa shape index (κ3) is 4.38. The van der Waals surface area contributed by atoms with Crippen LogP contribution in [0.5, 0.6) is 5.75 Å². The van der Waals surface area contributed by atoms with E-state index in [0.29, 0.717) is 56.1 Å².